The van der Waals surface area contributed by atoms with Gasteiger partial charge in [-0.2, -0.15) is 0 Å². The molecule has 0 N–H and O–H groups in total. The average molecular weight is 345 g/mol. The minimum atomic E-state index is -0.0267. The van der Waals surface area contributed by atoms with Gasteiger partial charge in [0.25, 0.3) is 5.91 Å². The Morgan fingerprint density at radius 1 is 1.47 bits per heavy atom. The first-order chi connectivity index (χ1) is 8.99. The molecular weight excluding hydrogens is 330 g/mol. The zero-order valence-electron chi connectivity index (χ0n) is 10.7. The number of halogens is 2. The van der Waals surface area contributed by atoms with E-state index in [1.165, 1.54) is 0 Å². The molecule has 0 radical (unpaired) electrons. The summed E-state index contributed by atoms with van der Waals surface area (Å²) >= 11 is 9.25. The van der Waals surface area contributed by atoms with Crippen LogP contribution in [-0.2, 0) is 4.79 Å². The summed E-state index contributed by atoms with van der Waals surface area (Å²) in [6, 6.07) is 5.20. The summed E-state index contributed by atoms with van der Waals surface area (Å²) in [5.41, 5.74) is 0.603. The second kappa shape index (κ2) is 6.06. The number of Topliss-reactive ketones (excluding diaryl/α,β-unsaturated/α-hetero) is 1. The molecule has 0 aromatic heterocycles. The quantitative estimate of drug-likeness (QED) is 0.838. The smallest absolute Gasteiger partial charge is 0.254 e. The standard InChI is InChI=1S/C14H15BrClNO2/c1-9(18)7-11-3-2-6-17(11)14(19)10-4-5-13(16)12(15)8-10/h4-5,8,11H,2-3,6-7H2,1H3. The average Bonchev–Trinajstić information content (AvgIpc) is 2.79. The fourth-order valence-electron chi connectivity index (χ4n) is 2.44. The lowest BCUT2D eigenvalue weighted by Crippen LogP contribution is -2.36. The molecule has 0 bridgehead atoms. The number of carbonyl (C=O) groups excluding carboxylic acids is 2. The number of amides is 1. The maximum Gasteiger partial charge on any atom is 0.254 e. The predicted molar refractivity (Wildman–Crippen MR) is 78.5 cm³/mol. The van der Waals surface area contributed by atoms with E-state index in [1.807, 2.05) is 0 Å². The third-order valence-corrected chi connectivity index (χ3v) is 4.54. The Balaban J connectivity index is 2.18. The van der Waals surface area contributed by atoms with E-state index in [-0.39, 0.29) is 17.7 Å². The van der Waals surface area contributed by atoms with Crippen molar-refractivity contribution in [1.29, 1.82) is 0 Å². The number of hydrogen-bond acceptors (Lipinski definition) is 2. The highest BCUT2D eigenvalue weighted by atomic mass is 79.9. The molecule has 102 valence electrons. The van der Waals surface area contributed by atoms with Crippen LogP contribution >= 0.6 is 27.5 Å². The van der Waals surface area contributed by atoms with Crippen LogP contribution in [0.5, 0.6) is 0 Å². The lowest BCUT2D eigenvalue weighted by Gasteiger charge is -2.24. The number of benzene rings is 1. The van der Waals surface area contributed by atoms with Crippen molar-refractivity contribution >= 4 is 39.2 Å². The second-order valence-corrected chi connectivity index (χ2v) is 6.09. The maximum atomic E-state index is 12.5. The molecule has 1 fully saturated rings. The molecule has 19 heavy (non-hydrogen) atoms. The largest absolute Gasteiger partial charge is 0.335 e. The highest BCUT2D eigenvalue weighted by Gasteiger charge is 2.30. The van der Waals surface area contributed by atoms with E-state index < -0.39 is 0 Å². The van der Waals surface area contributed by atoms with Crippen LogP contribution in [0.15, 0.2) is 22.7 Å². The van der Waals surface area contributed by atoms with Crippen LogP contribution in [0.1, 0.15) is 36.5 Å². The van der Waals surface area contributed by atoms with E-state index in [1.54, 1.807) is 30.0 Å². The van der Waals surface area contributed by atoms with E-state index >= 15 is 0 Å². The second-order valence-electron chi connectivity index (χ2n) is 4.83. The lowest BCUT2D eigenvalue weighted by molar-refractivity contribution is -0.117. The van der Waals surface area contributed by atoms with Crippen molar-refractivity contribution < 1.29 is 9.59 Å². The van der Waals surface area contributed by atoms with Gasteiger partial charge >= 0.3 is 0 Å². The molecule has 1 unspecified atom stereocenters. The maximum absolute atomic E-state index is 12.5. The summed E-state index contributed by atoms with van der Waals surface area (Å²) in [6.45, 7) is 2.29. The van der Waals surface area contributed by atoms with Crippen molar-refractivity contribution in [3.63, 3.8) is 0 Å². The van der Waals surface area contributed by atoms with Crippen LogP contribution in [0.25, 0.3) is 0 Å². The third-order valence-electron chi connectivity index (χ3n) is 3.33. The summed E-state index contributed by atoms with van der Waals surface area (Å²) in [5, 5.41) is 0.582. The van der Waals surface area contributed by atoms with Crippen LogP contribution in [0.3, 0.4) is 0 Å². The zero-order chi connectivity index (χ0) is 14.0. The van der Waals surface area contributed by atoms with Crippen molar-refractivity contribution in [3.8, 4) is 0 Å². The van der Waals surface area contributed by atoms with Gasteiger partial charge < -0.3 is 4.90 Å². The number of rotatable bonds is 3. The van der Waals surface area contributed by atoms with Crippen molar-refractivity contribution in [1.82, 2.24) is 4.90 Å². The number of carbonyl (C=O) groups is 2. The summed E-state index contributed by atoms with van der Waals surface area (Å²) in [7, 11) is 0. The monoisotopic (exact) mass is 343 g/mol. The Kier molecular flexibility index (Phi) is 4.63. The Hall–Kier alpha value is -0.870. The Labute approximate surface area is 126 Å². The van der Waals surface area contributed by atoms with Gasteiger partial charge in [-0.15, -0.1) is 0 Å². The Bertz CT molecular complexity index is 518. The van der Waals surface area contributed by atoms with Gasteiger partial charge in [-0.1, -0.05) is 11.6 Å². The molecule has 0 spiro atoms. The molecule has 2 rings (SSSR count). The van der Waals surface area contributed by atoms with E-state index in [0.29, 0.717) is 21.5 Å². The minimum Gasteiger partial charge on any atom is -0.335 e. The lowest BCUT2D eigenvalue weighted by atomic mass is 10.1. The molecule has 3 nitrogen and oxygen atoms in total. The van der Waals surface area contributed by atoms with Crippen molar-refractivity contribution in [2.75, 3.05) is 6.54 Å². The molecule has 5 heteroatoms. The van der Waals surface area contributed by atoms with Gasteiger partial charge in [0.2, 0.25) is 0 Å². The number of likely N-dealkylation sites (tertiary alicyclic amines) is 1. The van der Waals surface area contributed by atoms with Crippen molar-refractivity contribution in [3.05, 3.63) is 33.3 Å². The van der Waals surface area contributed by atoms with Gasteiger partial charge in [0, 0.05) is 29.0 Å². The van der Waals surface area contributed by atoms with Crippen molar-refractivity contribution in [2.45, 2.75) is 32.2 Å². The highest BCUT2D eigenvalue weighted by Crippen LogP contribution is 2.27. The molecule has 1 aliphatic rings. The molecule has 1 atom stereocenters. The molecular formula is C14H15BrClNO2. The zero-order valence-corrected chi connectivity index (χ0v) is 13.0. The van der Waals surface area contributed by atoms with Gasteiger partial charge in [0.1, 0.15) is 5.78 Å². The van der Waals surface area contributed by atoms with Gasteiger partial charge in [-0.25, -0.2) is 0 Å². The molecule has 0 saturated carbocycles. The van der Waals surface area contributed by atoms with Gasteiger partial charge in [-0.3, -0.25) is 9.59 Å². The van der Waals surface area contributed by atoms with Gasteiger partial charge in [0.05, 0.1) is 5.02 Å². The van der Waals surface area contributed by atoms with E-state index in [9.17, 15) is 9.59 Å². The highest BCUT2D eigenvalue weighted by molar-refractivity contribution is 9.10. The SMILES string of the molecule is CC(=O)CC1CCCN1C(=O)c1ccc(Cl)c(Br)c1. The number of ketones is 1. The summed E-state index contributed by atoms with van der Waals surface area (Å²) in [4.78, 5) is 25.5. The number of nitrogens with zero attached hydrogens (tertiary/aromatic N) is 1. The molecule has 1 saturated heterocycles. The third kappa shape index (κ3) is 3.37. The van der Waals surface area contributed by atoms with E-state index in [2.05, 4.69) is 15.9 Å². The summed E-state index contributed by atoms with van der Waals surface area (Å²) in [6.07, 6.45) is 2.30. The predicted octanol–water partition coefficient (Wildman–Crippen LogP) is 3.69. The molecule has 0 aliphatic carbocycles. The topological polar surface area (TPSA) is 37.4 Å². The normalized spacial score (nSPS) is 18.7. The van der Waals surface area contributed by atoms with E-state index in [4.69, 9.17) is 11.6 Å². The van der Waals surface area contributed by atoms with Gasteiger partial charge in [0.15, 0.2) is 0 Å². The molecule has 1 amide bonds. The molecule has 1 aromatic carbocycles. The Morgan fingerprint density at radius 3 is 2.84 bits per heavy atom. The minimum absolute atomic E-state index is 0.0267. The van der Waals surface area contributed by atoms with Crippen LogP contribution in [0.2, 0.25) is 5.02 Å². The first kappa shape index (κ1) is 14.5. The first-order valence-electron chi connectivity index (χ1n) is 6.24. The van der Waals surface area contributed by atoms with Crippen LogP contribution in [0, 0.1) is 0 Å². The van der Waals surface area contributed by atoms with Crippen molar-refractivity contribution in [2.24, 2.45) is 0 Å². The van der Waals surface area contributed by atoms with E-state index in [0.717, 1.165) is 19.4 Å². The molecule has 1 heterocycles. The van der Waals surface area contributed by atoms with Gasteiger partial charge in [-0.05, 0) is 53.9 Å². The first-order valence-corrected chi connectivity index (χ1v) is 7.41. The Morgan fingerprint density at radius 2 is 2.21 bits per heavy atom. The van der Waals surface area contributed by atoms with Crippen LogP contribution in [-0.4, -0.2) is 29.2 Å². The summed E-state index contributed by atoms with van der Waals surface area (Å²) < 4.78 is 0.710. The summed E-state index contributed by atoms with van der Waals surface area (Å²) in [5.74, 6) is 0.100. The fraction of sp³-hybridized carbons (Fsp3) is 0.429. The van der Waals surface area contributed by atoms with Crippen LogP contribution < -0.4 is 0 Å². The molecule has 1 aromatic rings. The fourth-order valence-corrected chi connectivity index (χ4v) is 2.94. The van der Waals surface area contributed by atoms with Crippen LogP contribution in [0.4, 0.5) is 0 Å². The molecule has 1 aliphatic heterocycles. The number of hydrogen-bond donors (Lipinski definition) is 0.